The van der Waals surface area contributed by atoms with Gasteiger partial charge in [0, 0.05) is 0 Å². The number of rotatable bonds is 4. The Hall–Kier alpha value is -1.51. The van der Waals surface area contributed by atoms with Crippen LogP contribution in [0.5, 0.6) is 5.75 Å². The molecule has 2 rings (SSSR count). The Morgan fingerprint density at radius 3 is 2.44 bits per heavy atom. The number of benzene rings is 1. The van der Waals surface area contributed by atoms with Crippen molar-refractivity contribution in [1.82, 2.24) is 0 Å². The lowest BCUT2D eigenvalue weighted by molar-refractivity contribution is 0.0697. The van der Waals surface area contributed by atoms with Crippen molar-refractivity contribution in [3.63, 3.8) is 0 Å². The van der Waals surface area contributed by atoms with Crippen LogP contribution in [0.15, 0.2) is 24.3 Å². The summed E-state index contributed by atoms with van der Waals surface area (Å²) in [6, 6.07) is 6.59. The Labute approximate surface area is 95.0 Å². The van der Waals surface area contributed by atoms with Crippen LogP contribution >= 0.6 is 0 Å². The number of carboxylic acids is 1. The number of hydrogen-bond donors (Lipinski definition) is 1. The highest BCUT2D eigenvalue weighted by Gasteiger charge is 2.15. The van der Waals surface area contributed by atoms with Gasteiger partial charge in [-0.15, -0.1) is 0 Å². The Bertz CT molecular complexity index is 350. The largest absolute Gasteiger partial charge is 0.493 e. The fourth-order valence-electron chi connectivity index (χ4n) is 2.08. The topological polar surface area (TPSA) is 46.5 Å². The number of carbonyl (C=O) groups is 1. The minimum Gasteiger partial charge on any atom is -0.493 e. The second kappa shape index (κ2) is 5.01. The van der Waals surface area contributed by atoms with Gasteiger partial charge in [0.2, 0.25) is 0 Å². The lowest BCUT2D eigenvalue weighted by Gasteiger charge is -2.11. The summed E-state index contributed by atoms with van der Waals surface area (Å²) in [6.45, 7) is 0.756. The van der Waals surface area contributed by atoms with E-state index in [4.69, 9.17) is 9.84 Å². The zero-order chi connectivity index (χ0) is 11.4. The fraction of sp³-hybridized carbons (Fsp3) is 0.462. The molecule has 0 heterocycles. The third kappa shape index (κ3) is 2.75. The standard InChI is InChI=1S/C13H16O3/c14-13(15)11-5-7-12(8-6-11)16-9-10-3-1-2-4-10/h5-8,10H,1-4,9H2,(H,14,15). The molecule has 3 nitrogen and oxygen atoms in total. The molecule has 1 aromatic carbocycles. The maximum atomic E-state index is 10.6. The molecule has 1 N–H and O–H groups in total. The molecule has 0 saturated heterocycles. The van der Waals surface area contributed by atoms with Crippen molar-refractivity contribution in [3.8, 4) is 5.75 Å². The Kier molecular flexibility index (Phi) is 3.44. The number of ether oxygens (including phenoxy) is 1. The van der Waals surface area contributed by atoms with Crippen molar-refractivity contribution in [2.45, 2.75) is 25.7 Å². The van der Waals surface area contributed by atoms with E-state index in [1.807, 2.05) is 0 Å². The molecule has 1 aromatic rings. The second-order valence-corrected chi connectivity index (χ2v) is 4.29. The van der Waals surface area contributed by atoms with Crippen molar-refractivity contribution < 1.29 is 14.6 Å². The van der Waals surface area contributed by atoms with Gasteiger partial charge in [-0.1, -0.05) is 12.8 Å². The van der Waals surface area contributed by atoms with E-state index in [9.17, 15) is 4.79 Å². The Balaban J connectivity index is 1.87. The monoisotopic (exact) mass is 220 g/mol. The van der Waals surface area contributed by atoms with Crippen LogP contribution in [0.25, 0.3) is 0 Å². The maximum Gasteiger partial charge on any atom is 0.335 e. The Morgan fingerprint density at radius 1 is 1.25 bits per heavy atom. The van der Waals surface area contributed by atoms with Crippen molar-refractivity contribution >= 4 is 5.97 Å². The average Bonchev–Trinajstić information content (AvgIpc) is 2.80. The molecule has 0 aliphatic heterocycles. The van der Waals surface area contributed by atoms with Crippen molar-refractivity contribution in [2.24, 2.45) is 5.92 Å². The molecule has 86 valence electrons. The molecule has 1 aliphatic rings. The molecule has 0 unspecified atom stereocenters. The van der Waals surface area contributed by atoms with Crippen LogP contribution in [0.4, 0.5) is 0 Å². The molecule has 0 bridgehead atoms. The van der Waals surface area contributed by atoms with Gasteiger partial charge in [-0.25, -0.2) is 4.79 Å². The van der Waals surface area contributed by atoms with Gasteiger partial charge in [0.25, 0.3) is 0 Å². The molecule has 16 heavy (non-hydrogen) atoms. The van der Waals surface area contributed by atoms with Crippen LogP contribution in [0.3, 0.4) is 0 Å². The van der Waals surface area contributed by atoms with E-state index in [2.05, 4.69) is 0 Å². The van der Waals surface area contributed by atoms with E-state index in [-0.39, 0.29) is 0 Å². The number of carboxylic acid groups (broad SMARTS) is 1. The van der Waals surface area contributed by atoms with Crippen LogP contribution in [-0.2, 0) is 0 Å². The summed E-state index contributed by atoms with van der Waals surface area (Å²) in [6.07, 6.45) is 5.14. The zero-order valence-corrected chi connectivity index (χ0v) is 9.19. The third-order valence-electron chi connectivity index (χ3n) is 3.06. The van der Waals surface area contributed by atoms with Crippen LogP contribution in [0, 0.1) is 5.92 Å². The van der Waals surface area contributed by atoms with Gasteiger partial charge in [-0.3, -0.25) is 0 Å². The van der Waals surface area contributed by atoms with E-state index in [1.54, 1.807) is 24.3 Å². The minimum atomic E-state index is -0.901. The summed E-state index contributed by atoms with van der Waals surface area (Å²) in [4.78, 5) is 10.6. The number of hydrogen-bond acceptors (Lipinski definition) is 2. The van der Waals surface area contributed by atoms with Gasteiger partial charge in [0.05, 0.1) is 12.2 Å². The van der Waals surface area contributed by atoms with Crippen LogP contribution < -0.4 is 4.74 Å². The van der Waals surface area contributed by atoms with Gasteiger partial charge in [-0.2, -0.15) is 0 Å². The minimum absolute atomic E-state index is 0.299. The summed E-state index contributed by atoms with van der Waals surface area (Å²) in [7, 11) is 0. The first-order valence-electron chi connectivity index (χ1n) is 5.72. The van der Waals surface area contributed by atoms with Crippen molar-refractivity contribution in [2.75, 3.05) is 6.61 Å². The van der Waals surface area contributed by atoms with E-state index < -0.39 is 5.97 Å². The number of aromatic carboxylic acids is 1. The van der Waals surface area contributed by atoms with Crippen molar-refractivity contribution in [3.05, 3.63) is 29.8 Å². The molecule has 0 aromatic heterocycles. The van der Waals surface area contributed by atoms with E-state index in [0.29, 0.717) is 11.5 Å². The molecule has 0 radical (unpaired) electrons. The SMILES string of the molecule is O=C(O)c1ccc(OCC2CCCC2)cc1. The molecule has 1 aliphatic carbocycles. The normalized spacial score (nSPS) is 16.2. The smallest absolute Gasteiger partial charge is 0.335 e. The summed E-state index contributed by atoms with van der Waals surface area (Å²) in [5.41, 5.74) is 0.299. The second-order valence-electron chi connectivity index (χ2n) is 4.29. The molecule has 3 heteroatoms. The Morgan fingerprint density at radius 2 is 1.88 bits per heavy atom. The summed E-state index contributed by atoms with van der Waals surface area (Å²) < 4.78 is 5.63. The zero-order valence-electron chi connectivity index (χ0n) is 9.19. The molecule has 0 amide bonds. The predicted molar refractivity (Wildman–Crippen MR) is 60.9 cm³/mol. The summed E-state index contributed by atoms with van der Waals surface area (Å²) in [5, 5.41) is 8.74. The molecule has 1 saturated carbocycles. The highest BCUT2D eigenvalue weighted by atomic mass is 16.5. The van der Waals surface area contributed by atoms with Crippen molar-refractivity contribution in [1.29, 1.82) is 0 Å². The van der Waals surface area contributed by atoms with Gasteiger partial charge in [0.15, 0.2) is 0 Å². The van der Waals surface area contributed by atoms with Crippen LogP contribution in [0.1, 0.15) is 36.0 Å². The summed E-state index contributed by atoms with van der Waals surface area (Å²) in [5.74, 6) is 0.540. The molecule has 0 spiro atoms. The van der Waals surface area contributed by atoms with Crippen LogP contribution in [-0.4, -0.2) is 17.7 Å². The highest BCUT2D eigenvalue weighted by molar-refractivity contribution is 5.87. The van der Waals surface area contributed by atoms with Gasteiger partial charge >= 0.3 is 5.97 Å². The quantitative estimate of drug-likeness (QED) is 0.848. The van der Waals surface area contributed by atoms with E-state index in [1.165, 1.54) is 25.7 Å². The summed E-state index contributed by atoms with van der Waals surface area (Å²) >= 11 is 0. The lowest BCUT2D eigenvalue weighted by Crippen LogP contribution is -2.08. The maximum absolute atomic E-state index is 10.6. The highest BCUT2D eigenvalue weighted by Crippen LogP contribution is 2.25. The molecular formula is C13H16O3. The molecule has 0 atom stereocenters. The predicted octanol–water partition coefficient (Wildman–Crippen LogP) is 2.95. The fourth-order valence-corrected chi connectivity index (χ4v) is 2.08. The van der Waals surface area contributed by atoms with E-state index in [0.717, 1.165) is 12.4 Å². The van der Waals surface area contributed by atoms with Gasteiger partial charge < -0.3 is 9.84 Å². The first-order chi connectivity index (χ1) is 7.75. The first kappa shape index (κ1) is 11.0. The third-order valence-corrected chi connectivity index (χ3v) is 3.06. The molecular weight excluding hydrogens is 204 g/mol. The van der Waals surface area contributed by atoms with Crippen LogP contribution in [0.2, 0.25) is 0 Å². The molecule has 1 fully saturated rings. The van der Waals surface area contributed by atoms with E-state index >= 15 is 0 Å². The lowest BCUT2D eigenvalue weighted by atomic mass is 10.1. The first-order valence-corrected chi connectivity index (χ1v) is 5.72. The van der Waals surface area contributed by atoms with Gasteiger partial charge in [-0.05, 0) is 43.0 Å². The average molecular weight is 220 g/mol. The van der Waals surface area contributed by atoms with Gasteiger partial charge in [0.1, 0.15) is 5.75 Å².